The molecule has 70 valence electrons. The van der Waals surface area contributed by atoms with Gasteiger partial charge >= 0.3 is 0 Å². The molecule has 0 bridgehead atoms. The maximum Gasteiger partial charge on any atom is 0.123 e. The van der Waals surface area contributed by atoms with E-state index in [9.17, 15) is 0 Å². The summed E-state index contributed by atoms with van der Waals surface area (Å²) in [4.78, 5) is 0. The molecule has 0 radical (unpaired) electrons. The van der Waals surface area contributed by atoms with Gasteiger partial charge in [-0.1, -0.05) is 24.3 Å². The van der Waals surface area contributed by atoms with Crippen LogP contribution < -0.4 is 10.5 Å². The lowest BCUT2D eigenvalue weighted by Gasteiger charge is -2.08. The van der Waals surface area contributed by atoms with E-state index in [2.05, 4.69) is 6.58 Å². The van der Waals surface area contributed by atoms with Crippen molar-refractivity contribution in [2.75, 3.05) is 7.11 Å². The van der Waals surface area contributed by atoms with Gasteiger partial charge in [-0.2, -0.15) is 0 Å². The molecule has 0 aliphatic heterocycles. The predicted octanol–water partition coefficient (Wildman–Crippen LogP) is 2.19. The molecule has 1 aromatic carbocycles. The van der Waals surface area contributed by atoms with Gasteiger partial charge in [0.2, 0.25) is 0 Å². The van der Waals surface area contributed by atoms with Gasteiger partial charge in [0.05, 0.1) is 7.11 Å². The van der Waals surface area contributed by atoms with Crippen LogP contribution in [0.3, 0.4) is 0 Å². The van der Waals surface area contributed by atoms with Gasteiger partial charge in [-0.05, 0) is 18.6 Å². The summed E-state index contributed by atoms with van der Waals surface area (Å²) in [6.45, 7) is 6.34. The van der Waals surface area contributed by atoms with Gasteiger partial charge in [-0.15, -0.1) is 0 Å². The Kier molecular flexibility index (Phi) is 3.09. The SMILES string of the molecule is C=C(C)c1ccc(CN)c(OC)c1. The molecule has 0 saturated carbocycles. The second kappa shape index (κ2) is 4.10. The quantitative estimate of drug-likeness (QED) is 0.768. The Hall–Kier alpha value is -1.28. The van der Waals surface area contributed by atoms with Crippen molar-refractivity contribution in [3.8, 4) is 5.75 Å². The Morgan fingerprint density at radius 2 is 2.23 bits per heavy atom. The number of hydrogen-bond acceptors (Lipinski definition) is 2. The molecular formula is C11H15NO. The molecule has 0 aliphatic carbocycles. The van der Waals surface area contributed by atoms with E-state index in [4.69, 9.17) is 10.5 Å². The minimum atomic E-state index is 0.500. The highest BCUT2D eigenvalue weighted by atomic mass is 16.5. The molecule has 2 nitrogen and oxygen atoms in total. The number of benzene rings is 1. The third kappa shape index (κ3) is 2.10. The van der Waals surface area contributed by atoms with Crippen molar-refractivity contribution in [2.24, 2.45) is 5.73 Å². The summed E-state index contributed by atoms with van der Waals surface area (Å²) < 4.78 is 5.21. The standard InChI is InChI=1S/C11H15NO/c1-8(2)9-4-5-10(7-12)11(6-9)13-3/h4-6H,1,7,12H2,2-3H3. The zero-order valence-electron chi connectivity index (χ0n) is 8.13. The second-order valence-corrected chi connectivity index (χ2v) is 3.01. The summed E-state index contributed by atoms with van der Waals surface area (Å²) in [7, 11) is 1.65. The van der Waals surface area contributed by atoms with Gasteiger partial charge in [0.25, 0.3) is 0 Å². The largest absolute Gasteiger partial charge is 0.496 e. The first-order valence-electron chi connectivity index (χ1n) is 4.22. The molecule has 0 unspecified atom stereocenters. The first-order chi connectivity index (χ1) is 6.19. The molecule has 13 heavy (non-hydrogen) atoms. The smallest absolute Gasteiger partial charge is 0.123 e. The van der Waals surface area contributed by atoms with Crippen LogP contribution in [-0.4, -0.2) is 7.11 Å². The summed E-state index contributed by atoms with van der Waals surface area (Å²) in [6, 6.07) is 5.94. The van der Waals surface area contributed by atoms with E-state index >= 15 is 0 Å². The lowest BCUT2D eigenvalue weighted by molar-refractivity contribution is 0.409. The average Bonchev–Trinajstić information content (AvgIpc) is 2.16. The molecule has 0 aromatic heterocycles. The fraction of sp³-hybridized carbons (Fsp3) is 0.273. The van der Waals surface area contributed by atoms with E-state index in [0.29, 0.717) is 6.54 Å². The first kappa shape index (κ1) is 9.81. The van der Waals surface area contributed by atoms with Crippen LogP contribution in [0.5, 0.6) is 5.75 Å². The zero-order chi connectivity index (χ0) is 9.84. The van der Waals surface area contributed by atoms with Gasteiger partial charge in [0, 0.05) is 12.1 Å². The van der Waals surface area contributed by atoms with Crippen LogP contribution in [0.15, 0.2) is 24.8 Å². The highest BCUT2D eigenvalue weighted by molar-refractivity contribution is 5.63. The van der Waals surface area contributed by atoms with E-state index in [-0.39, 0.29) is 0 Å². The zero-order valence-corrected chi connectivity index (χ0v) is 8.13. The van der Waals surface area contributed by atoms with Gasteiger partial charge in [-0.25, -0.2) is 0 Å². The van der Waals surface area contributed by atoms with Crippen LogP contribution in [0.2, 0.25) is 0 Å². The van der Waals surface area contributed by atoms with Crippen LogP contribution in [0.4, 0.5) is 0 Å². The number of nitrogens with two attached hydrogens (primary N) is 1. The van der Waals surface area contributed by atoms with Crippen LogP contribution >= 0.6 is 0 Å². The third-order valence-corrected chi connectivity index (χ3v) is 2.00. The number of hydrogen-bond donors (Lipinski definition) is 1. The first-order valence-corrected chi connectivity index (χ1v) is 4.22. The van der Waals surface area contributed by atoms with Crippen LogP contribution in [0.25, 0.3) is 5.57 Å². The highest BCUT2D eigenvalue weighted by Crippen LogP contribution is 2.22. The van der Waals surface area contributed by atoms with Crippen molar-refractivity contribution in [2.45, 2.75) is 13.5 Å². The Balaban J connectivity index is 3.13. The Morgan fingerprint density at radius 3 is 2.69 bits per heavy atom. The van der Waals surface area contributed by atoms with Gasteiger partial charge in [0.1, 0.15) is 5.75 Å². The fourth-order valence-corrected chi connectivity index (χ4v) is 1.18. The molecule has 2 N–H and O–H groups in total. The van der Waals surface area contributed by atoms with Crippen molar-refractivity contribution in [3.63, 3.8) is 0 Å². The lowest BCUT2D eigenvalue weighted by Crippen LogP contribution is -2.00. The Morgan fingerprint density at radius 1 is 1.54 bits per heavy atom. The molecule has 0 saturated heterocycles. The van der Waals surface area contributed by atoms with Crippen LogP contribution in [0, 0.1) is 0 Å². The molecule has 0 spiro atoms. The lowest BCUT2D eigenvalue weighted by atomic mass is 10.1. The molecule has 2 heteroatoms. The van der Waals surface area contributed by atoms with Gasteiger partial charge < -0.3 is 10.5 Å². The third-order valence-electron chi connectivity index (χ3n) is 2.00. The molecule has 0 fully saturated rings. The summed E-state index contributed by atoms with van der Waals surface area (Å²) in [5.74, 6) is 0.836. The van der Waals surface area contributed by atoms with E-state index in [1.165, 1.54) is 0 Å². The van der Waals surface area contributed by atoms with Crippen molar-refractivity contribution >= 4 is 5.57 Å². The summed E-state index contributed by atoms with van der Waals surface area (Å²) in [5.41, 5.74) is 8.69. The number of ether oxygens (including phenoxy) is 1. The maximum atomic E-state index is 5.55. The minimum Gasteiger partial charge on any atom is -0.496 e. The van der Waals surface area contributed by atoms with E-state index in [1.807, 2.05) is 25.1 Å². The van der Waals surface area contributed by atoms with Crippen molar-refractivity contribution in [3.05, 3.63) is 35.9 Å². The van der Waals surface area contributed by atoms with E-state index < -0.39 is 0 Å². The number of methoxy groups -OCH3 is 1. The topological polar surface area (TPSA) is 35.2 Å². The minimum absolute atomic E-state index is 0.500. The van der Waals surface area contributed by atoms with Crippen LogP contribution in [-0.2, 0) is 6.54 Å². The molecular weight excluding hydrogens is 162 g/mol. The summed E-state index contributed by atoms with van der Waals surface area (Å²) in [6.07, 6.45) is 0. The van der Waals surface area contributed by atoms with Gasteiger partial charge in [0.15, 0.2) is 0 Å². The van der Waals surface area contributed by atoms with E-state index in [1.54, 1.807) is 7.11 Å². The van der Waals surface area contributed by atoms with E-state index in [0.717, 1.165) is 22.4 Å². The molecule has 0 amide bonds. The van der Waals surface area contributed by atoms with Gasteiger partial charge in [-0.3, -0.25) is 0 Å². The van der Waals surface area contributed by atoms with Crippen molar-refractivity contribution < 1.29 is 4.74 Å². The second-order valence-electron chi connectivity index (χ2n) is 3.01. The highest BCUT2D eigenvalue weighted by Gasteiger charge is 2.02. The fourth-order valence-electron chi connectivity index (χ4n) is 1.18. The predicted molar refractivity (Wildman–Crippen MR) is 55.6 cm³/mol. The monoisotopic (exact) mass is 177 g/mol. The average molecular weight is 177 g/mol. The van der Waals surface area contributed by atoms with Crippen molar-refractivity contribution in [1.82, 2.24) is 0 Å². The molecule has 1 rings (SSSR count). The van der Waals surface area contributed by atoms with Crippen LogP contribution in [0.1, 0.15) is 18.1 Å². The Labute approximate surface area is 79.0 Å². The van der Waals surface area contributed by atoms with Crippen molar-refractivity contribution in [1.29, 1.82) is 0 Å². The maximum absolute atomic E-state index is 5.55. The number of rotatable bonds is 3. The summed E-state index contributed by atoms with van der Waals surface area (Å²) in [5, 5.41) is 0. The summed E-state index contributed by atoms with van der Waals surface area (Å²) >= 11 is 0. The molecule has 1 aromatic rings. The molecule has 0 heterocycles. The molecule has 0 atom stereocenters. The Bertz CT molecular complexity index is 318. The number of allylic oxidation sites excluding steroid dienone is 1. The molecule has 0 aliphatic rings. The normalized spacial score (nSPS) is 9.77.